The Morgan fingerprint density at radius 3 is 2.88 bits per heavy atom. The van der Waals surface area contributed by atoms with E-state index < -0.39 is 0 Å². The van der Waals surface area contributed by atoms with Crippen molar-refractivity contribution in [1.29, 1.82) is 0 Å². The minimum atomic E-state index is 0.476. The van der Waals surface area contributed by atoms with Crippen LogP contribution in [0.2, 0.25) is 5.15 Å². The molecule has 0 aliphatic heterocycles. The fourth-order valence-electron chi connectivity index (χ4n) is 2.33. The third-order valence-corrected chi connectivity index (χ3v) is 3.31. The first kappa shape index (κ1) is 11.8. The second-order valence-corrected chi connectivity index (χ2v) is 4.98. The predicted octanol–water partition coefficient (Wildman–Crippen LogP) is 3.18. The molecule has 16 heavy (non-hydrogen) atoms. The van der Waals surface area contributed by atoms with Crippen molar-refractivity contribution in [2.45, 2.75) is 38.7 Å². The molecule has 0 radical (unpaired) electrons. The molecule has 1 aromatic heterocycles. The van der Waals surface area contributed by atoms with Crippen molar-refractivity contribution in [3.63, 3.8) is 0 Å². The van der Waals surface area contributed by atoms with E-state index in [1.807, 2.05) is 0 Å². The summed E-state index contributed by atoms with van der Waals surface area (Å²) < 4.78 is 5.07. The average Bonchev–Trinajstić information content (AvgIpc) is 2.64. The van der Waals surface area contributed by atoms with Gasteiger partial charge in [0.1, 0.15) is 11.0 Å². The fourth-order valence-corrected chi connectivity index (χ4v) is 2.54. The van der Waals surface area contributed by atoms with Crippen molar-refractivity contribution in [2.75, 3.05) is 7.11 Å². The van der Waals surface area contributed by atoms with Gasteiger partial charge in [-0.2, -0.15) is 0 Å². The van der Waals surface area contributed by atoms with Crippen molar-refractivity contribution in [1.82, 2.24) is 9.97 Å². The van der Waals surface area contributed by atoms with Crippen molar-refractivity contribution in [2.24, 2.45) is 5.92 Å². The summed E-state index contributed by atoms with van der Waals surface area (Å²) in [6.07, 6.45) is 3.61. The largest absolute Gasteiger partial charge is 0.378 e. The molecule has 0 bridgehead atoms. The molecule has 0 aromatic carbocycles. The molecule has 88 valence electrons. The fraction of sp³-hybridized carbons (Fsp3) is 0.667. The van der Waals surface area contributed by atoms with E-state index in [1.165, 1.54) is 19.3 Å². The first-order valence-electron chi connectivity index (χ1n) is 5.71. The van der Waals surface area contributed by atoms with E-state index in [-0.39, 0.29) is 0 Å². The van der Waals surface area contributed by atoms with Crippen LogP contribution in [0.1, 0.15) is 43.6 Å². The van der Waals surface area contributed by atoms with Crippen LogP contribution in [0.5, 0.6) is 0 Å². The van der Waals surface area contributed by atoms with Crippen LogP contribution in [-0.2, 0) is 11.3 Å². The van der Waals surface area contributed by atoms with Crippen LogP contribution in [0.4, 0.5) is 0 Å². The van der Waals surface area contributed by atoms with Gasteiger partial charge in [-0.3, -0.25) is 0 Å². The summed E-state index contributed by atoms with van der Waals surface area (Å²) >= 11 is 5.99. The maximum atomic E-state index is 5.99. The Kier molecular flexibility index (Phi) is 3.77. The molecular weight excluding hydrogens is 224 g/mol. The molecule has 4 heteroatoms. The number of nitrogens with zero attached hydrogens (tertiary/aromatic N) is 2. The molecule has 0 amide bonds. The molecule has 1 saturated carbocycles. The Morgan fingerprint density at radius 2 is 2.25 bits per heavy atom. The Morgan fingerprint density at radius 1 is 1.44 bits per heavy atom. The average molecular weight is 241 g/mol. The number of aromatic nitrogens is 2. The van der Waals surface area contributed by atoms with Gasteiger partial charge in [0.25, 0.3) is 0 Å². The van der Waals surface area contributed by atoms with Crippen LogP contribution in [0.3, 0.4) is 0 Å². The second kappa shape index (κ2) is 5.11. The van der Waals surface area contributed by atoms with Crippen LogP contribution in [0, 0.1) is 5.92 Å². The Hall–Kier alpha value is -0.670. The van der Waals surface area contributed by atoms with Crippen LogP contribution >= 0.6 is 11.6 Å². The number of hydrogen-bond acceptors (Lipinski definition) is 3. The van der Waals surface area contributed by atoms with E-state index in [2.05, 4.69) is 16.9 Å². The quantitative estimate of drug-likeness (QED) is 0.762. The Labute approximate surface area is 101 Å². The summed E-state index contributed by atoms with van der Waals surface area (Å²) in [7, 11) is 1.66. The molecule has 1 aromatic rings. The summed E-state index contributed by atoms with van der Waals surface area (Å²) in [6, 6.07) is 1.77. The maximum Gasteiger partial charge on any atom is 0.133 e. The molecule has 2 rings (SSSR count). The zero-order valence-electron chi connectivity index (χ0n) is 9.74. The van der Waals surface area contributed by atoms with Gasteiger partial charge in [0, 0.05) is 13.0 Å². The van der Waals surface area contributed by atoms with Gasteiger partial charge in [0.2, 0.25) is 0 Å². The minimum absolute atomic E-state index is 0.476. The van der Waals surface area contributed by atoms with Gasteiger partial charge >= 0.3 is 0 Å². The highest BCUT2D eigenvalue weighted by atomic mass is 35.5. The van der Waals surface area contributed by atoms with Crippen LogP contribution in [0.25, 0.3) is 0 Å². The lowest BCUT2D eigenvalue weighted by molar-refractivity contribution is 0.181. The lowest BCUT2D eigenvalue weighted by Crippen LogP contribution is -2.05. The molecule has 1 fully saturated rings. The van der Waals surface area contributed by atoms with Crippen LogP contribution in [0.15, 0.2) is 6.07 Å². The molecule has 0 spiro atoms. The lowest BCUT2D eigenvalue weighted by atomic mass is 10.1. The number of ether oxygens (including phenoxy) is 1. The van der Waals surface area contributed by atoms with Gasteiger partial charge < -0.3 is 4.74 Å². The molecule has 1 aliphatic rings. The van der Waals surface area contributed by atoms with Crippen molar-refractivity contribution >= 4 is 11.6 Å². The second-order valence-electron chi connectivity index (χ2n) is 4.59. The number of methoxy groups -OCH3 is 1. The van der Waals surface area contributed by atoms with Gasteiger partial charge in [-0.15, -0.1) is 0 Å². The van der Waals surface area contributed by atoms with Crippen LogP contribution < -0.4 is 0 Å². The van der Waals surface area contributed by atoms with Gasteiger partial charge in [-0.25, -0.2) is 9.97 Å². The highest BCUT2D eigenvalue weighted by Crippen LogP contribution is 2.36. The molecule has 0 N–H and O–H groups in total. The number of hydrogen-bond donors (Lipinski definition) is 0. The highest BCUT2D eigenvalue weighted by Gasteiger charge is 2.25. The van der Waals surface area contributed by atoms with Crippen molar-refractivity contribution in [3.05, 3.63) is 22.7 Å². The molecule has 1 heterocycles. The monoisotopic (exact) mass is 240 g/mol. The predicted molar refractivity (Wildman–Crippen MR) is 63.5 cm³/mol. The van der Waals surface area contributed by atoms with E-state index in [0.29, 0.717) is 17.7 Å². The molecule has 3 nitrogen and oxygen atoms in total. The Balaban J connectivity index is 2.20. The van der Waals surface area contributed by atoms with E-state index in [9.17, 15) is 0 Å². The normalized spacial score (nSPS) is 24.9. The highest BCUT2D eigenvalue weighted by molar-refractivity contribution is 6.29. The van der Waals surface area contributed by atoms with Crippen molar-refractivity contribution < 1.29 is 4.74 Å². The lowest BCUT2D eigenvalue weighted by Gasteiger charge is -2.10. The third kappa shape index (κ3) is 2.71. The molecule has 0 saturated heterocycles. The molecule has 2 atom stereocenters. The molecule has 1 aliphatic carbocycles. The first-order chi connectivity index (χ1) is 7.69. The topological polar surface area (TPSA) is 35.0 Å². The third-order valence-electron chi connectivity index (χ3n) is 3.12. The first-order valence-corrected chi connectivity index (χ1v) is 6.09. The van der Waals surface area contributed by atoms with Gasteiger partial charge in [-0.1, -0.05) is 18.5 Å². The maximum absolute atomic E-state index is 5.99. The number of halogens is 1. The summed E-state index contributed by atoms with van der Waals surface area (Å²) in [4.78, 5) is 8.85. The SMILES string of the molecule is COCc1cc(Cl)nc(C2CCC(C)C2)n1. The standard InChI is InChI=1S/C12H17ClN2O/c1-8-3-4-9(5-8)12-14-10(7-16-2)6-11(13)15-12/h6,8-9H,3-5,7H2,1-2H3. The van der Waals surface area contributed by atoms with E-state index in [0.717, 1.165) is 17.4 Å². The van der Waals surface area contributed by atoms with Gasteiger partial charge in [0.05, 0.1) is 12.3 Å². The summed E-state index contributed by atoms with van der Waals surface area (Å²) in [5.41, 5.74) is 0.872. The summed E-state index contributed by atoms with van der Waals surface area (Å²) in [5, 5.41) is 0.525. The molecular formula is C12H17ClN2O. The Bertz CT molecular complexity index is 370. The van der Waals surface area contributed by atoms with Crippen LogP contribution in [-0.4, -0.2) is 17.1 Å². The smallest absolute Gasteiger partial charge is 0.133 e. The molecule has 2 unspecified atom stereocenters. The van der Waals surface area contributed by atoms with Gasteiger partial charge in [0.15, 0.2) is 0 Å². The minimum Gasteiger partial charge on any atom is -0.378 e. The van der Waals surface area contributed by atoms with Gasteiger partial charge in [-0.05, 0) is 31.2 Å². The summed E-state index contributed by atoms with van der Waals surface area (Å²) in [6.45, 7) is 2.78. The van der Waals surface area contributed by atoms with Crippen molar-refractivity contribution in [3.8, 4) is 0 Å². The zero-order valence-corrected chi connectivity index (χ0v) is 10.5. The summed E-state index contributed by atoms with van der Waals surface area (Å²) in [5.74, 6) is 2.15. The van der Waals surface area contributed by atoms with E-state index >= 15 is 0 Å². The van der Waals surface area contributed by atoms with E-state index in [1.54, 1.807) is 13.2 Å². The van der Waals surface area contributed by atoms with E-state index in [4.69, 9.17) is 16.3 Å². The zero-order chi connectivity index (χ0) is 11.5. The number of rotatable bonds is 3.